The fourth-order valence-corrected chi connectivity index (χ4v) is 2.58. The topological polar surface area (TPSA) is 79.5 Å². The number of benzene rings is 1. The van der Waals surface area contributed by atoms with Crippen LogP contribution in [-0.2, 0) is 6.54 Å². The smallest absolute Gasteiger partial charge is 0.248 e. The maximum Gasteiger partial charge on any atom is 0.248 e. The Kier molecular flexibility index (Phi) is 5.60. The molecule has 0 heterocycles. The van der Waals surface area contributed by atoms with Crippen molar-refractivity contribution in [3.8, 4) is 0 Å². The molecule has 0 aliphatic heterocycles. The highest BCUT2D eigenvalue weighted by Crippen LogP contribution is 2.17. The summed E-state index contributed by atoms with van der Waals surface area (Å²) in [6.07, 6.45) is 5.00. The van der Waals surface area contributed by atoms with Crippen LogP contribution in [0.15, 0.2) is 29.3 Å². The Bertz CT molecular complexity index is 507. The Labute approximate surface area is 126 Å². The Hall–Kier alpha value is -2.04. The number of amides is 1. The van der Waals surface area contributed by atoms with Crippen molar-refractivity contribution in [2.45, 2.75) is 45.2 Å². The molecule has 1 aromatic carbocycles. The predicted octanol–water partition coefficient (Wildman–Crippen LogP) is 1.78. The monoisotopic (exact) mass is 288 g/mol. The Morgan fingerprint density at radius 1 is 1.38 bits per heavy atom. The molecule has 5 nitrogen and oxygen atoms in total. The number of hydrogen-bond acceptors (Lipinski definition) is 2. The van der Waals surface area contributed by atoms with Gasteiger partial charge in [0.25, 0.3) is 0 Å². The number of nitrogens with two attached hydrogens (primary N) is 1. The minimum atomic E-state index is -0.406. The molecular formula is C16H24N4O. The van der Waals surface area contributed by atoms with E-state index in [1.807, 2.05) is 12.1 Å². The molecular weight excluding hydrogens is 264 g/mol. The quantitative estimate of drug-likeness (QED) is 0.571. The maximum atomic E-state index is 11.2. The second-order valence-corrected chi connectivity index (χ2v) is 5.39. The number of carbonyl (C=O) groups excluding carboxylic acids is 1. The molecule has 0 radical (unpaired) electrons. The van der Waals surface area contributed by atoms with Crippen LogP contribution in [0.2, 0.25) is 0 Å². The average Bonchev–Trinajstić information content (AvgIpc) is 2.98. The summed E-state index contributed by atoms with van der Waals surface area (Å²) in [5.74, 6) is 0.436. The summed E-state index contributed by atoms with van der Waals surface area (Å²) in [5.41, 5.74) is 6.80. The number of primary amides is 1. The van der Waals surface area contributed by atoms with Crippen molar-refractivity contribution in [3.63, 3.8) is 0 Å². The van der Waals surface area contributed by atoms with E-state index in [9.17, 15) is 4.79 Å². The van der Waals surface area contributed by atoms with E-state index >= 15 is 0 Å². The third-order valence-corrected chi connectivity index (χ3v) is 3.67. The summed E-state index contributed by atoms with van der Waals surface area (Å²) in [7, 11) is 0. The minimum Gasteiger partial charge on any atom is -0.366 e. The van der Waals surface area contributed by atoms with Gasteiger partial charge in [0.2, 0.25) is 5.91 Å². The van der Waals surface area contributed by atoms with E-state index in [1.54, 1.807) is 12.1 Å². The van der Waals surface area contributed by atoms with Gasteiger partial charge in [-0.25, -0.2) is 4.99 Å². The van der Waals surface area contributed by atoms with Crippen LogP contribution in [0.25, 0.3) is 0 Å². The Balaban J connectivity index is 2.00. The first-order valence-electron chi connectivity index (χ1n) is 7.62. The van der Waals surface area contributed by atoms with Crippen LogP contribution in [0.1, 0.15) is 48.5 Å². The lowest BCUT2D eigenvalue weighted by molar-refractivity contribution is 0.1000. The van der Waals surface area contributed by atoms with E-state index in [0.29, 0.717) is 18.2 Å². The SMILES string of the molecule is CCNC(=NCc1cccc(C(N)=O)c1)NC1CCCC1. The molecule has 1 amide bonds. The number of aliphatic imine (C=N–C) groups is 1. The zero-order valence-corrected chi connectivity index (χ0v) is 12.6. The number of carbonyl (C=O) groups is 1. The highest BCUT2D eigenvalue weighted by Gasteiger charge is 2.15. The second-order valence-electron chi connectivity index (χ2n) is 5.39. The van der Waals surface area contributed by atoms with Crippen molar-refractivity contribution in [1.29, 1.82) is 0 Å². The molecule has 1 aromatic rings. The third-order valence-electron chi connectivity index (χ3n) is 3.67. The van der Waals surface area contributed by atoms with Gasteiger partial charge >= 0.3 is 0 Å². The van der Waals surface area contributed by atoms with E-state index in [0.717, 1.165) is 18.1 Å². The van der Waals surface area contributed by atoms with E-state index in [1.165, 1.54) is 25.7 Å². The molecule has 1 aliphatic carbocycles. The third kappa shape index (κ3) is 4.77. The van der Waals surface area contributed by atoms with Gasteiger partial charge in [0.15, 0.2) is 5.96 Å². The zero-order valence-electron chi connectivity index (χ0n) is 12.6. The molecule has 0 bridgehead atoms. The minimum absolute atomic E-state index is 0.406. The van der Waals surface area contributed by atoms with Crippen molar-refractivity contribution < 1.29 is 4.79 Å². The lowest BCUT2D eigenvalue weighted by atomic mass is 10.1. The maximum absolute atomic E-state index is 11.2. The Morgan fingerprint density at radius 3 is 2.81 bits per heavy atom. The highest BCUT2D eigenvalue weighted by molar-refractivity contribution is 5.92. The van der Waals surface area contributed by atoms with E-state index in [-0.39, 0.29) is 0 Å². The van der Waals surface area contributed by atoms with Crippen LogP contribution in [-0.4, -0.2) is 24.5 Å². The van der Waals surface area contributed by atoms with Crippen LogP contribution in [0.3, 0.4) is 0 Å². The fourth-order valence-electron chi connectivity index (χ4n) is 2.58. The van der Waals surface area contributed by atoms with Gasteiger partial charge < -0.3 is 16.4 Å². The number of rotatable bonds is 5. The molecule has 114 valence electrons. The van der Waals surface area contributed by atoms with Gasteiger partial charge in [-0.2, -0.15) is 0 Å². The van der Waals surface area contributed by atoms with Gasteiger partial charge in [0.05, 0.1) is 6.54 Å². The van der Waals surface area contributed by atoms with Crippen molar-refractivity contribution in [2.75, 3.05) is 6.54 Å². The molecule has 21 heavy (non-hydrogen) atoms. The first-order valence-corrected chi connectivity index (χ1v) is 7.62. The number of hydrogen-bond donors (Lipinski definition) is 3. The highest BCUT2D eigenvalue weighted by atomic mass is 16.1. The molecule has 1 fully saturated rings. The van der Waals surface area contributed by atoms with Crippen LogP contribution in [0, 0.1) is 0 Å². The summed E-state index contributed by atoms with van der Waals surface area (Å²) < 4.78 is 0. The molecule has 2 rings (SSSR count). The van der Waals surface area contributed by atoms with Gasteiger partial charge in [-0.1, -0.05) is 25.0 Å². The molecule has 5 heteroatoms. The number of nitrogens with zero attached hydrogens (tertiary/aromatic N) is 1. The summed E-state index contributed by atoms with van der Waals surface area (Å²) >= 11 is 0. The van der Waals surface area contributed by atoms with Gasteiger partial charge in [0.1, 0.15) is 0 Å². The fraction of sp³-hybridized carbons (Fsp3) is 0.500. The summed E-state index contributed by atoms with van der Waals surface area (Å²) in [5, 5.41) is 6.74. The summed E-state index contributed by atoms with van der Waals surface area (Å²) in [6.45, 7) is 3.42. The van der Waals surface area contributed by atoms with Crippen LogP contribution >= 0.6 is 0 Å². The molecule has 0 aromatic heterocycles. The van der Waals surface area contributed by atoms with E-state index in [4.69, 9.17) is 5.73 Å². The van der Waals surface area contributed by atoms with Crippen molar-refractivity contribution in [3.05, 3.63) is 35.4 Å². The van der Waals surface area contributed by atoms with Gasteiger partial charge in [0, 0.05) is 18.2 Å². The molecule has 1 aliphatic rings. The zero-order chi connectivity index (χ0) is 15.1. The summed E-state index contributed by atoms with van der Waals surface area (Å²) in [6, 6.07) is 7.83. The van der Waals surface area contributed by atoms with Crippen molar-refractivity contribution in [2.24, 2.45) is 10.7 Å². The molecule has 0 spiro atoms. The number of nitrogens with one attached hydrogen (secondary N) is 2. The van der Waals surface area contributed by atoms with Crippen molar-refractivity contribution >= 4 is 11.9 Å². The second kappa shape index (κ2) is 7.67. The Morgan fingerprint density at radius 2 is 2.14 bits per heavy atom. The molecule has 0 unspecified atom stereocenters. The van der Waals surface area contributed by atoms with Crippen LogP contribution in [0.4, 0.5) is 0 Å². The lowest BCUT2D eigenvalue weighted by Crippen LogP contribution is -2.42. The van der Waals surface area contributed by atoms with Crippen LogP contribution < -0.4 is 16.4 Å². The largest absolute Gasteiger partial charge is 0.366 e. The van der Waals surface area contributed by atoms with Gasteiger partial charge in [-0.3, -0.25) is 4.79 Å². The standard InChI is InChI=1S/C16H24N4O/c1-2-18-16(20-14-8-3-4-9-14)19-11-12-6-5-7-13(10-12)15(17)21/h5-7,10,14H,2-4,8-9,11H2,1H3,(H2,17,21)(H2,18,19,20). The first-order chi connectivity index (χ1) is 10.2. The van der Waals surface area contributed by atoms with E-state index in [2.05, 4.69) is 22.5 Å². The predicted molar refractivity (Wildman–Crippen MR) is 85.2 cm³/mol. The normalized spacial score (nSPS) is 16.0. The first kappa shape index (κ1) is 15.4. The molecule has 0 atom stereocenters. The van der Waals surface area contributed by atoms with Crippen molar-refractivity contribution in [1.82, 2.24) is 10.6 Å². The average molecular weight is 288 g/mol. The molecule has 4 N–H and O–H groups in total. The van der Waals surface area contributed by atoms with Crippen LogP contribution in [0.5, 0.6) is 0 Å². The molecule has 1 saturated carbocycles. The van der Waals surface area contributed by atoms with E-state index < -0.39 is 5.91 Å². The lowest BCUT2D eigenvalue weighted by Gasteiger charge is -2.16. The van der Waals surface area contributed by atoms with Gasteiger partial charge in [-0.15, -0.1) is 0 Å². The molecule has 0 saturated heterocycles. The number of guanidine groups is 1. The summed E-state index contributed by atoms with van der Waals surface area (Å²) in [4.78, 5) is 15.8. The van der Waals surface area contributed by atoms with Gasteiger partial charge in [-0.05, 0) is 37.5 Å².